The number of amides is 1. The molecule has 0 aliphatic rings. The minimum atomic E-state index is -0.663. The van der Waals surface area contributed by atoms with Crippen molar-refractivity contribution in [3.63, 3.8) is 0 Å². The van der Waals surface area contributed by atoms with E-state index in [1.807, 2.05) is 0 Å². The van der Waals surface area contributed by atoms with E-state index in [-0.39, 0.29) is 18.5 Å². The van der Waals surface area contributed by atoms with E-state index in [1.54, 1.807) is 0 Å². The largest absolute Gasteiger partial charge is 0.466 e. The van der Waals surface area contributed by atoms with Crippen LogP contribution in [0.3, 0.4) is 0 Å². The Bertz CT molecular complexity index is 1210. The average molecular weight is 1130 g/mol. The molecule has 3 N–H and O–H groups in total. The van der Waals surface area contributed by atoms with E-state index in [1.165, 1.54) is 353 Å². The van der Waals surface area contributed by atoms with Crippen molar-refractivity contribution in [2.75, 3.05) is 13.2 Å². The highest BCUT2D eigenvalue weighted by Crippen LogP contribution is 2.19. The Morgan fingerprint density at radius 1 is 0.338 bits per heavy atom. The van der Waals surface area contributed by atoms with Crippen LogP contribution in [0.25, 0.3) is 0 Å². The van der Waals surface area contributed by atoms with Gasteiger partial charge in [-0.3, -0.25) is 9.59 Å². The number of hydrogen-bond acceptors (Lipinski definition) is 5. The monoisotopic (exact) mass is 1130 g/mol. The van der Waals surface area contributed by atoms with E-state index in [4.69, 9.17) is 4.74 Å². The topological polar surface area (TPSA) is 95.9 Å². The van der Waals surface area contributed by atoms with Crippen molar-refractivity contribution < 1.29 is 24.5 Å². The van der Waals surface area contributed by atoms with E-state index in [9.17, 15) is 19.8 Å². The molecule has 2 atom stereocenters. The minimum Gasteiger partial charge on any atom is -0.466 e. The SMILES string of the molecule is CCCCCCCCCCCCCCCCCCCCC(=O)OCCCCCCCCCCCCCC/C=C\CCCCCCCCCCCCCCCC(=O)NC(CO)C(O)CCCCCCCCCCCCCCCCCC. The molecule has 0 saturated heterocycles. The van der Waals surface area contributed by atoms with Crippen molar-refractivity contribution in [3.05, 3.63) is 12.2 Å². The van der Waals surface area contributed by atoms with Crippen LogP contribution in [0.2, 0.25) is 0 Å². The summed E-state index contributed by atoms with van der Waals surface area (Å²) >= 11 is 0. The fraction of sp³-hybridized carbons (Fsp3) is 0.946. The van der Waals surface area contributed by atoms with Crippen LogP contribution < -0.4 is 5.32 Å². The Morgan fingerprint density at radius 2 is 0.588 bits per heavy atom. The zero-order valence-corrected chi connectivity index (χ0v) is 54.6. The molecule has 0 spiro atoms. The number of hydrogen-bond donors (Lipinski definition) is 3. The molecule has 0 aliphatic carbocycles. The molecule has 0 bridgehead atoms. The number of ether oxygens (including phenoxy) is 1. The maximum atomic E-state index is 12.5. The number of rotatable bonds is 70. The second kappa shape index (κ2) is 70.1. The first-order valence-corrected chi connectivity index (χ1v) is 36.9. The van der Waals surface area contributed by atoms with Crippen LogP contribution in [0, 0.1) is 0 Å². The summed E-state index contributed by atoms with van der Waals surface area (Å²) < 4.78 is 5.51. The van der Waals surface area contributed by atoms with Gasteiger partial charge in [0.2, 0.25) is 5.91 Å². The third kappa shape index (κ3) is 65.7. The predicted molar refractivity (Wildman–Crippen MR) is 352 cm³/mol. The minimum absolute atomic E-state index is 0.0220. The van der Waals surface area contributed by atoms with Crippen molar-refractivity contribution in [2.45, 2.75) is 437 Å². The van der Waals surface area contributed by atoms with Crippen molar-refractivity contribution in [2.24, 2.45) is 0 Å². The lowest BCUT2D eigenvalue weighted by molar-refractivity contribution is -0.143. The molecule has 0 rings (SSSR count). The summed E-state index contributed by atoms with van der Waals surface area (Å²) in [6.07, 6.45) is 87.0. The maximum Gasteiger partial charge on any atom is 0.305 e. The molecule has 0 saturated carbocycles. The van der Waals surface area contributed by atoms with Crippen LogP contribution in [0.5, 0.6) is 0 Å². The van der Waals surface area contributed by atoms with Gasteiger partial charge in [-0.1, -0.05) is 373 Å². The first-order chi connectivity index (χ1) is 39.5. The number of nitrogens with one attached hydrogen (secondary N) is 1. The molecule has 1 amide bonds. The second-order valence-electron chi connectivity index (χ2n) is 25.6. The Kier molecular flexibility index (Phi) is 68.9. The first kappa shape index (κ1) is 78.6. The van der Waals surface area contributed by atoms with Gasteiger partial charge in [0.05, 0.1) is 25.4 Å². The van der Waals surface area contributed by atoms with Gasteiger partial charge in [0.15, 0.2) is 0 Å². The number of aliphatic hydroxyl groups is 2. The van der Waals surface area contributed by atoms with Crippen LogP contribution in [0.4, 0.5) is 0 Å². The number of allylic oxidation sites excluding steroid dienone is 2. The van der Waals surface area contributed by atoms with Crippen LogP contribution in [0.1, 0.15) is 425 Å². The molecule has 0 aromatic rings. The summed E-state index contributed by atoms with van der Waals surface area (Å²) in [6, 6.07) is -0.540. The molecular formula is C74H145NO5. The Labute approximate surface area is 501 Å². The molecule has 476 valence electrons. The van der Waals surface area contributed by atoms with Crippen molar-refractivity contribution in [3.8, 4) is 0 Å². The van der Waals surface area contributed by atoms with E-state index < -0.39 is 12.1 Å². The zero-order valence-electron chi connectivity index (χ0n) is 54.6. The van der Waals surface area contributed by atoms with Gasteiger partial charge in [0.1, 0.15) is 0 Å². The highest BCUT2D eigenvalue weighted by molar-refractivity contribution is 5.76. The number of unbranched alkanes of at least 4 members (excludes halogenated alkanes) is 57. The summed E-state index contributed by atoms with van der Waals surface area (Å²) in [5.41, 5.74) is 0. The van der Waals surface area contributed by atoms with Gasteiger partial charge in [-0.2, -0.15) is 0 Å². The third-order valence-electron chi connectivity index (χ3n) is 17.6. The van der Waals surface area contributed by atoms with E-state index in [0.717, 1.165) is 38.5 Å². The molecule has 0 aliphatic heterocycles. The smallest absolute Gasteiger partial charge is 0.305 e. The van der Waals surface area contributed by atoms with Crippen LogP contribution >= 0.6 is 0 Å². The second-order valence-corrected chi connectivity index (χ2v) is 25.6. The fourth-order valence-electron chi connectivity index (χ4n) is 11.9. The molecule has 2 unspecified atom stereocenters. The summed E-state index contributed by atoms with van der Waals surface area (Å²) in [5, 5.41) is 23.4. The first-order valence-electron chi connectivity index (χ1n) is 36.9. The predicted octanol–water partition coefficient (Wildman–Crippen LogP) is 23.9. The maximum absolute atomic E-state index is 12.5. The van der Waals surface area contributed by atoms with E-state index >= 15 is 0 Å². The molecular weight excluding hydrogens is 983 g/mol. The van der Waals surface area contributed by atoms with Gasteiger partial charge in [0, 0.05) is 12.8 Å². The summed E-state index contributed by atoms with van der Waals surface area (Å²) in [6.45, 7) is 5.00. The highest BCUT2D eigenvalue weighted by atomic mass is 16.5. The number of carbonyl (C=O) groups is 2. The lowest BCUT2D eigenvalue weighted by Crippen LogP contribution is -2.45. The molecule has 0 aromatic heterocycles. The molecule has 0 heterocycles. The Balaban J connectivity index is 3.34. The standard InChI is InChI=1S/C74H145NO5/c1-3-5-7-9-11-13-15-17-19-21-36-40-44-48-52-56-60-64-68-74(79)80-69-65-61-57-53-49-45-41-37-34-32-30-28-26-24-22-23-25-27-29-31-33-35-39-43-47-51-55-59-63-67-73(78)75-71(70-76)72(77)66-62-58-54-50-46-42-38-20-18-16-14-12-10-8-6-4-2/h22,24,71-72,76-77H,3-21,23,25-70H2,1-2H3,(H,75,78)/b24-22-. The van der Waals surface area contributed by atoms with Crippen molar-refractivity contribution in [1.82, 2.24) is 5.32 Å². The van der Waals surface area contributed by atoms with Gasteiger partial charge < -0.3 is 20.3 Å². The van der Waals surface area contributed by atoms with Gasteiger partial charge >= 0.3 is 5.97 Å². The molecule has 0 radical (unpaired) electrons. The molecule has 0 fully saturated rings. The normalized spacial score (nSPS) is 12.5. The number of carbonyl (C=O) groups excluding carboxylic acids is 2. The third-order valence-corrected chi connectivity index (χ3v) is 17.6. The summed E-state index contributed by atoms with van der Waals surface area (Å²) in [7, 11) is 0. The van der Waals surface area contributed by atoms with Crippen molar-refractivity contribution in [1.29, 1.82) is 0 Å². The summed E-state index contributed by atoms with van der Waals surface area (Å²) in [4.78, 5) is 24.6. The van der Waals surface area contributed by atoms with Gasteiger partial charge in [0.25, 0.3) is 0 Å². The van der Waals surface area contributed by atoms with Gasteiger partial charge in [-0.25, -0.2) is 0 Å². The van der Waals surface area contributed by atoms with Crippen molar-refractivity contribution >= 4 is 11.9 Å². The Hall–Kier alpha value is -1.40. The quantitative estimate of drug-likeness (QED) is 0.0320. The average Bonchev–Trinajstić information content (AvgIpc) is 3.46. The zero-order chi connectivity index (χ0) is 57.8. The van der Waals surface area contributed by atoms with Crippen LogP contribution in [0.15, 0.2) is 12.2 Å². The van der Waals surface area contributed by atoms with E-state index in [0.29, 0.717) is 25.9 Å². The van der Waals surface area contributed by atoms with Gasteiger partial charge in [-0.15, -0.1) is 0 Å². The number of esters is 1. The molecule has 6 nitrogen and oxygen atoms in total. The van der Waals surface area contributed by atoms with E-state index in [2.05, 4.69) is 31.3 Å². The molecule has 6 heteroatoms. The lowest BCUT2D eigenvalue weighted by Gasteiger charge is -2.22. The van der Waals surface area contributed by atoms with Gasteiger partial charge in [-0.05, 0) is 51.4 Å². The van der Waals surface area contributed by atoms with Crippen LogP contribution in [-0.2, 0) is 14.3 Å². The van der Waals surface area contributed by atoms with Crippen LogP contribution in [-0.4, -0.2) is 47.4 Å². The molecule has 80 heavy (non-hydrogen) atoms. The Morgan fingerprint density at radius 3 is 0.887 bits per heavy atom. The summed E-state index contributed by atoms with van der Waals surface area (Å²) in [5.74, 6) is -0.00824. The molecule has 0 aromatic carbocycles. The lowest BCUT2D eigenvalue weighted by atomic mass is 10.0. The fourth-order valence-corrected chi connectivity index (χ4v) is 11.9. The number of aliphatic hydroxyl groups excluding tert-OH is 2. The highest BCUT2D eigenvalue weighted by Gasteiger charge is 2.20.